The number of benzene rings is 2. The molecule has 0 saturated carbocycles. The Labute approximate surface area is 149 Å². The first-order chi connectivity index (χ1) is 11.7. The van der Waals surface area contributed by atoms with Gasteiger partial charge in [-0.3, -0.25) is 0 Å². The molecule has 1 saturated heterocycles. The van der Waals surface area contributed by atoms with E-state index in [0.29, 0.717) is 0 Å². The van der Waals surface area contributed by atoms with Crippen molar-refractivity contribution >= 4 is 28.5 Å². The maximum absolute atomic E-state index is 10.0. The minimum Gasteiger partial charge on any atom is -0.374 e. The number of likely N-dealkylation sites (tertiary alicyclic amines) is 1. The van der Waals surface area contributed by atoms with Crippen molar-refractivity contribution in [2.24, 2.45) is 0 Å². The van der Waals surface area contributed by atoms with E-state index in [0.717, 1.165) is 34.7 Å². The van der Waals surface area contributed by atoms with Gasteiger partial charge in [-0.05, 0) is 30.4 Å². The number of allylic oxidation sites excluding steroid dienone is 2. The van der Waals surface area contributed by atoms with Crippen LogP contribution in [0.5, 0.6) is 0 Å². The van der Waals surface area contributed by atoms with Gasteiger partial charge in [-0.25, -0.2) is 0 Å². The van der Waals surface area contributed by atoms with Crippen molar-refractivity contribution < 1.29 is 0 Å². The molecule has 0 aromatic heterocycles. The Morgan fingerprint density at radius 2 is 1.42 bits per heavy atom. The highest BCUT2D eigenvalue weighted by molar-refractivity contribution is 8.24. The zero-order valence-electron chi connectivity index (χ0n) is 13.9. The van der Waals surface area contributed by atoms with Crippen LogP contribution in [0.3, 0.4) is 0 Å². The second-order valence-corrected chi connectivity index (χ2v) is 10.4. The molecule has 3 rings (SSSR count). The largest absolute Gasteiger partial charge is 0.374 e. The summed E-state index contributed by atoms with van der Waals surface area (Å²) in [6, 6.07) is 20.5. The fraction of sp³-hybridized carbons (Fsp3) is 0.250. The molecule has 1 aliphatic heterocycles. The van der Waals surface area contributed by atoms with Gasteiger partial charge in [0.25, 0.3) is 0 Å². The Morgan fingerprint density at radius 1 is 0.958 bits per heavy atom. The molecule has 24 heavy (non-hydrogen) atoms. The van der Waals surface area contributed by atoms with Crippen LogP contribution in [0, 0.1) is 11.3 Å². The Balaban J connectivity index is 2.24. The third-order valence-corrected chi connectivity index (χ3v) is 9.50. The van der Waals surface area contributed by atoms with E-state index in [1.165, 1.54) is 12.8 Å². The molecule has 0 radical (unpaired) electrons. The van der Waals surface area contributed by atoms with Gasteiger partial charge in [-0.2, -0.15) is 5.26 Å². The van der Waals surface area contributed by atoms with Gasteiger partial charge < -0.3 is 4.90 Å². The summed E-state index contributed by atoms with van der Waals surface area (Å²) in [7, 11) is 0. The Bertz CT molecular complexity index is 772. The summed E-state index contributed by atoms with van der Waals surface area (Å²) >= 11 is 6.27. The van der Waals surface area contributed by atoms with E-state index in [1.807, 2.05) is 36.4 Å². The molecule has 1 fully saturated rings. The molecule has 2 aromatic rings. The normalized spacial score (nSPS) is 15.8. The molecule has 1 aliphatic rings. The van der Waals surface area contributed by atoms with E-state index < -0.39 is 6.04 Å². The van der Waals surface area contributed by atoms with Crippen LogP contribution < -0.4 is 10.6 Å². The van der Waals surface area contributed by atoms with Gasteiger partial charge in [-0.1, -0.05) is 72.5 Å². The predicted molar refractivity (Wildman–Crippen MR) is 106 cm³/mol. The minimum absolute atomic E-state index is 0.775. The molecule has 0 spiro atoms. The number of hydrogen-bond acceptors (Lipinski definition) is 3. The fourth-order valence-corrected chi connectivity index (χ4v) is 7.25. The first-order valence-electron chi connectivity index (χ1n) is 8.25. The van der Waals surface area contributed by atoms with Crippen molar-refractivity contribution in [3.05, 3.63) is 71.7 Å². The second kappa shape index (κ2) is 7.34. The van der Waals surface area contributed by atoms with Gasteiger partial charge in [-0.15, -0.1) is 0 Å². The Hall–Kier alpha value is -1.88. The van der Waals surface area contributed by atoms with Gasteiger partial charge in [0, 0.05) is 24.8 Å². The monoisotopic (exact) mass is 352 g/mol. The van der Waals surface area contributed by atoms with Crippen molar-refractivity contribution in [1.82, 2.24) is 4.90 Å². The number of hydrogen-bond donors (Lipinski definition) is 0. The van der Waals surface area contributed by atoms with Crippen LogP contribution in [0.25, 0.3) is 0 Å². The SMILES string of the molecule is C/C(=C(\C#N)P(=S)(c1ccccc1)c1ccccc1)N1CCCC1. The topological polar surface area (TPSA) is 27.0 Å². The molecular formula is C20H21N2PS. The van der Waals surface area contributed by atoms with Crippen LogP contribution in [0.1, 0.15) is 19.8 Å². The summed E-state index contributed by atoms with van der Waals surface area (Å²) in [6.45, 7) is 4.11. The third-order valence-electron chi connectivity index (χ3n) is 4.58. The average Bonchev–Trinajstić information content (AvgIpc) is 3.18. The zero-order chi connectivity index (χ0) is 17.0. The number of rotatable bonds is 4. The van der Waals surface area contributed by atoms with Crippen LogP contribution >= 0.6 is 6.04 Å². The van der Waals surface area contributed by atoms with Crippen molar-refractivity contribution in [3.63, 3.8) is 0 Å². The van der Waals surface area contributed by atoms with E-state index in [2.05, 4.69) is 42.2 Å². The summed E-state index contributed by atoms with van der Waals surface area (Å²) in [5.41, 5.74) is 1.06. The predicted octanol–water partition coefficient (Wildman–Crippen LogP) is 3.97. The standard InChI is InChI=1S/C20H21N2PS/c1-17(22-14-8-9-15-22)20(16-21)23(24,18-10-4-2-5-11-18)19-12-6-3-7-13-19/h2-7,10-13H,8-9,14-15H2,1H3/b20-17-. The van der Waals surface area contributed by atoms with Gasteiger partial charge in [0.15, 0.2) is 0 Å². The van der Waals surface area contributed by atoms with Crippen molar-refractivity contribution in [3.8, 4) is 6.07 Å². The van der Waals surface area contributed by atoms with Gasteiger partial charge in [0.05, 0.1) is 5.31 Å². The molecule has 0 atom stereocenters. The first kappa shape index (κ1) is 17.0. The lowest BCUT2D eigenvalue weighted by Crippen LogP contribution is -2.23. The van der Waals surface area contributed by atoms with Crippen LogP contribution in [-0.2, 0) is 11.8 Å². The number of nitrogens with zero attached hydrogens (tertiary/aromatic N) is 2. The van der Waals surface area contributed by atoms with Crippen LogP contribution in [0.15, 0.2) is 71.7 Å². The van der Waals surface area contributed by atoms with Gasteiger partial charge in [0.2, 0.25) is 0 Å². The molecule has 4 heteroatoms. The number of nitriles is 1. The molecule has 0 aliphatic carbocycles. The lowest BCUT2D eigenvalue weighted by Gasteiger charge is -2.28. The Kier molecular flexibility index (Phi) is 5.19. The lowest BCUT2D eigenvalue weighted by molar-refractivity contribution is 0.427. The molecule has 0 unspecified atom stereocenters. The molecule has 0 bridgehead atoms. The fourth-order valence-electron chi connectivity index (χ4n) is 3.26. The maximum atomic E-state index is 10.0. The van der Waals surface area contributed by atoms with Crippen LogP contribution in [-0.4, -0.2) is 18.0 Å². The van der Waals surface area contributed by atoms with E-state index in [9.17, 15) is 5.26 Å². The third kappa shape index (κ3) is 3.05. The molecule has 0 amide bonds. The highest BCUT2D eigenvalue weighted by atomic mass is 32.4. The summed E-state index contributed by atoms with van der Waals surface area (Å²) in [5.74, 6) is 0. The summed E-state index contributed by atoms with van der Waals surface area (Å²) in [5, 5.41) is 13.0. The average molecular weight is 352 g/mol. The van der Waals surface area contributed by atoms with Crippen LogP contribution in [0.2, 0.25) is 0 Å². The van der Waals surface area contributed by atoms with Crippen molar-refractivity contribution in [2.45, 2.75) is 19.8 Å². The summed E-state index contributed by atoms with van der Waals surface area (Å²) in [6.07, 6.45) is 2.38. The van der Waals surface area contributed by atoms with E-state index in [4.69, 9.17) is 11.8 Å². The molecule has 1 heterocycles. The summed E-state index contributed by atoms with van der Waals surface area (Å²) < 4.78 is 0. The van der Waals surface area contributed by atoms with Crippen LogP contribution in [0.4, 0.5) is 0 Å². The van der Waals surface area contributed by atoms with Crippen molar-refractivity contribution in [1.29, 1.82) is 5.26 Å². The zero-order valence-corrected chi connectivity index (χ0v) is 15.6. The van der Waals surface area contributed by atoms with Gasteiger partial charge >= 0.3 is 0 Å². The summed E-state index contributed by atoms with van der Waals surface area (Å²) in [4.78, 5) is 2.32. The molecule has 2 aromatic carbocycles. The van der Waals surface area contributed by atoms with E-state index >= 15 is 0 Å². The highest BCUT2D eigenvalue weighted by Gasteiger charge is 2.30. The van der Waals surface area contributed by atoms with Gasteiger partial charge in [0.1, 0.15) is 6.07 Å². The van der Waals surface area contributed by atoms with E-state index in [-0.39, 0.29) is 0 Å². The minimum atomic E-state index is -2.33. The molecular weight excluding hydrogens is 331 g/mol. The highest BCUT2D eigenvalue weighted by Crippen LogP contribution is 2.53. The lowest BCUT2D eigenvalue weighted by atomic mass is 10.4. The maximum Gasteiger partial charge on any atom is 0.103 e. The molecule has 0 N–H and O–H groups in total. The van der Waals surface area contributed by atoms with E-state index in [1.54, 1.807) is 0 Å². The first-order valence-corrected chi connectivity index (χ1v) is 11.1. The molecule has 2 nitrogen and oxygen atoms in total. The quantitative estimate of drug-likeness (QED) is 0.615. The van der Waals surface area contributed by atoms with Crippen molar-refractivity contribution in [2.75, 3.05) is 13.1 Å². The Morgan fingerprint density at radius 3 is 1.83 bits per heavy atom. The second-order valence-electron chi connectivity index (χ2n) is 6.02. The smallest absolute Gasteiger partial charge is 0.103 e. The molecule has 122 valence electrons.